The SMILES string of the molecule is Cc1noc2nc(-c3ccco3)cc(C(=O)NCc3cccc(Cn4ccnc4)c3)c12. The van der Waals surface area contributed by atoms with Crippen LogP contribution in [0, 0.1) is 6.92 Å². The van der Waals surface area contributed by atoms with Gasteiger partial charge < -0.3 is 18.8 Å². The van der Waals surface area contributed by atoms with Crippen LogP contribution < -0.4 is 5.32 Å². The van der Waals surface area contributed by atoms with E-state index in [1.54, 1.807) is 43.9 Å². The third-order valence-electron chi connectivity index (χ3n) is 5.00. The highest BCUT2D eigenvalue weighted by Gasteiger charge is 2.20. The number of aryl methyl sites for hydroxylation is 1. The van der Waals surface area contributed by atoms with E-state index >= 15 is 0 Å². The molecule has 0 spiro atoms. The number of carbonyl (C=O) groups is 1. The number of carbonyl (C=O) groups excluding carboxylic acids is 1. The van der Waals surface area contributed by atoms with Gasteiger partial charge >= 0.3 is 0 Å². The highest BCUT2D eigenvalue weighted by molar-refractivity contribution is 6.06. The summed E-state index contributed by atoms with van der Waals surface area (Å²) in [4.78, 5) is 21.6. The first-order chi connectivity index (χ1) is 15.2. The molecule has 31 heavy (non-hydrogen) atoms. The van der Waals surface area contributed by atoms with Crippen LogP contribution in [0.2, 0.25) is 0 Å². The molecule has 0 saturated carbocycles. The second-order valence-electron chi connectivity index (χ2n) is 7.22. The Balaban J connectivity index is 1.39. The fraction of sp³-hybridized carbons (Fsp3) is 0.130. The molecule has 0 aliphatic carbocycles. The summed E-state index contributed by atoms with van der Waals surface area (Å²) in [5, 5.41) is 7.57. The number of aromatic nitrogens is 4. The number of nitrogens with zero attached hydrogens (tertiary/aromatic N) is 4. The Morgan fingerprint density at radius 2 is 2.06 bits per heavy atom. The molecule has 5 rings (SSSR count). The van der Waals surface area contributed by atoms with Gasteiger partial charge in [0.05, 0.1) is 29.2 Å². The summed E-state index contributed by atoms with van der Waals surface area (Å²) in [7, 11) is 0. The Morgan fingerprint density at radius 3 is 2.87 bits per heavy atom. The molecule has 8 heteroatoms. The van der Waals surface area contributed by atoms with Gasteiger partial charge in [-0.2, -0.15) is 0 Å². The van der Waals surface area contributed by atoms with E-state index in [1.807, 2.05) is 29.0 Å². The molecule has 0 saturated heterocycles. The first kappa shape index (κ1) is 18.8. The Bertz CT molecular complexity index is 1340. The molecule has 0 aliphatic heterocycles. The van der Waals surface area contributed by atoms with Crippen LogP contribution in [0.1, 0.15) is 27.2 Å². The standard InChI is InChI=1S/C23H19N5O3/c1-15-21-18(11-19(20-6-3-9-30-20)26-23(21)31-27-15)22(29)25-12-16-4-2-5-17(10-16)13-28-8-7-24-14-28/h2-11,14H,12-13H2,1H3,(H,25,29). The quantitative estimate of drug-likeness (QED) is 0.452. The van der Waals surface area contributed by atoms with E-state index in [9.17, 15) is 4.79 Å². The van der Waals surface area contributed by atoms with Crippen molar-refractivity contribution in [1.29, 1.82) is 0 Å². The van der Waals surface area contributed by atoms with E-state index in [1.165, 1.54) is 0 Å². The van der Waals surface area contributed by atoms with Crippen molar-refractivity contribution < 1.29 is 13.7 Å². The molecule has 4 aromatic heterocycles. The highest BCUT2D eigenvalue weighted by Crippen LogP contribution is 2.27. The van der Waals surface area contributed by atoms with Crippen LogP contribution in [0.3, 0.4) is 0 Å². The van der Waals surface area contributed by atoms with Crippen molar-refractivity contribution in [3.05, 3.63) is 89.8 Å². The predicted octanol–water partition coefficient (Wildman–Crippen LogP) is 3.97. The van der Waals surface area contributed by atoms with E-state index < -0.39 is 0 Å². The molecule has 1 aromatic carbocycles. The van der Waals surface area contributed by atoms with E-state index in [4.69, 9.17) is 8.94 Å². The summed E-state index contributed by atoms with van der Waals surface area (Å²) < 4.78 is 12.7. The van der Waals surface area contributed by atoms with Gasteiger partial charge in [0.15, 0.2) is 5.76 Å². The van der Waals surface area contributed by atoms with Crippen molar-refractivity contribution in [2.45, 2.75) is 20.0 Å². The number of nitrogens with one attached hydrogen (secondary N) is 1. The van der Waals surface area contributed by atoms with Crippen LogP contribution in [0.15, 0.2) is 76.4 Å². The Hall–Kier alpha value is -4.20. The van der Waals surface area contributed by atoms with Gasteiger partial charge in [0.1, 0.15) is 5.69 Å². The third kappa shape index (κ3) is 3.83. The van der Waals surface area contributed by atoms with Gasteiger partial charge in [-0.25, -0.2) is 9.97 Å². The van der Waals surface area contributed by atoms with Crippen LogP contribution in [-0.2, 0) is 13.1 Å². The minimum atomic E-state index is -0.230. The number of rotatable bonds is 6. The summed E-state index contributed by atoms with van der Waals surface area (Å²) in [5.74, 6) is 0.323. The van der Waals surface area contributed by atoms with Gasteiger partial charge in [0, 0.05) is 25.5 Å². The first-order valence-corrected chi connectivity index (χ1v) is 9.80. The molecule has 0 bridgehead atoms. The zero-order chi connectivity index (χ0) is 21.2. The Labute approximate surface area is 177 Å². The lowest BCUT2D eigenvalue weighted by Crippen LogP contribution is -2.23. The topological polar surface area (TPSA) is 99.0 Å². The van der Waals surface area contributed by atoms with Crippen LogP contribution >= 0.6 is 0 Å². The lowest BCUT2D eigenvalue weighted by atomic mass is 10.1. The molecule has 0 aliphatic rings. The van der Waals surface area contributed by atoms with Crippen molar-refractivity contribution >= 4 is 17.0 Å². The van der Waals surface area contributed by atoms with Gasteiger partial charge in [-0.1, -0.05) is 29.4 Å². The molecule has 1 N–H and O–H groups in total. The third-order valence-corrected chi connectivity index (χ3v) is 5.00. The number of imidazole rings is 1. The molecule has 5 aromatic rings. The number of fused-ring (bicyclic) bond motifs is 1. The Kier molecular flexibility index (Phi) is 4.80. The molecule has 0 atom stereocenters. The highest BCUT2D eigenvalue weighted by atomic mass is 16.5. The van der Waals surface area contributed by atoms with Gasteiger partial charge in [-0.3, -0.25) is 4.79 Å². The van der Waals surface area contributed by atoms with Crippen LogP contribution in [0.4, 0.5) is 0 Å². The fourth-order valence-electron chi connectivity index (χ4n) is 3.53. The summed E-state index contributed by atoms with van der Waals surface area (Å²) in [6, 6.07) is 13.3. The molecule has 154 valence electrons. The van der Waals surface area contributed by atoms with E-state index in [-0.39, 0.29) is 5.91 Å². The lowest BCUT2D eigenvalue weighted by Gasteiger charge is -2.09. The molecule has 8 nitrogen and oxygen atoms in total. The molecular formula is C23H19N5O3. The molecular weight excluding hydrogens is 394 g/mol. The molecule has 4 heterocycles. The average molecular weight is 413 g/mol. The van der Waals surface area contributed by atoms with Gasteiger partial charge in [-0.05, 0) is 36.2 Å². The molecule has 0 unspecified atom stereocenters. The first-order valence-electron chi connectivity index (χ1n) is 9.80. The molecule has 0 fully saturated rings. The maximum absolute atomic E-state index is 13.1. The van der Waals surface area contributed by atoms with E-state index in [0.717, 1.165) is 17.7 Å². The van der Waals surface area contributed by atoms with Crippen molar-refractivity contribution in [3.8, 4) is 11.5 Å². The van der Waals surface area contributed by atoms with Crippen molar-refractivity contribution in [1.82, 2.24) is 25.0 Å². The van der Waals surface area contributed by atoms with E-state index in [2.05, 4.69) is 26.5 Å². The average Bonchev–Trinajstić information content (AvgIpc) is 3.55. The number of hydrogen-bond acceptors (Lipinski definition) is 6. The van der Waals surface area contributed by atoms with Crippen LogP contribution in [-0.4, -0.2) is 25.6 Å². The Morgan fingerprint density at radius 1 is 1.16 bits per heavy atom. The number of hydrogen-bond donors (Lipinski definition) is 1. The van der Waals surface area contributed by atoms with Crippen molar-refractivity contribution in [2.24, 2.45) is 0 Å². The lowest BCUT2D eigenvalue weighted by molar-refractivity contribution is 0.0952. The maximum Gasteiger partial charge on any atom is 0.259 e. The number of amides is 1. The zero-order valence-electron chi connectivity index (χ0n) is 16.8. The number of furan rings is 1. The minimum Gasteiger partial charge on any atom is -0.463 e. The molecule has 0 radical (unpaired) electrons. The fourth-order valence-corrected chi connectivity index (χ4v) is 3.53. The summed E-state index contributed by atoms with van der Waals surface area (Å²) in [6.07, 6.45) is 7.01. The predicted molar refractivity (Wildman–Crippen MR) is 113 cm³/mol. The minimum absolute atomic E-state index is 0.230. The largest absolute Gasteiger partial charge is 0.463 e. The van der Waals surface area contributed by atoms with Crippen LogP contribution in [0.5, 0.6) is 0 Å². The maximum atomic E-state index is 13.1. The summed E-state index contributed by atoms with van der Waals surface area (Å²) >= 11 is 0. The summed E-state index contributed by atoms with van der Waals surface area (Å²) in [6.45, 7) is 2.90. The van der Waals surface area contributed by atoms with E-state index in [0.29, 0.717) is 40.4 Å². The van der Waals surface area contributed by atoms with Crippen molar-refractivity contribution in [3.63, 3.8) is 0 Å². The monoisotopic (exact) mass is 413 g/mol. The van der Waals surface area contributed by atoms with Gasteiger partial charge in [0.2, 0.25) is 0 Å². The van der Waals surface area contributed by atoms with Gasteiger partial charge in [-0.15, -0.1) is 0 Å². The number of benzene rings is 1. The second kappa shape index (κ2) is 7.91. The second-order valence-corrected chi connectivity index (χ2v) is 7.22. The molecule has 1 amide bonds. The van der Waals surface area contributed by atoms with Gasteiger partial charge in [0.25, 0.3) is 11.6 Å². The normalized spacial score (nSPS) is 11.1. The summed E-state index contributed by atoms with van der Waals surface area (Å²) in [5.41, 5.74) is 4.02. The zero-order valence-corrected chi connectivity index (χ0v) is 16.8. The van der Waals surface area contributed by atoms with Crippen LogP contribution in [0.25, 0.3) is 22.6 Å². The van der Waals surface area contributed by atoms with Crippen molar-refractivity contribution in [2.75, 3.05) is 0 Å². The smallest absolute Gasteiger partial charge is 0.259 e. The number of pyridine rings is 1.